The van der Waals surface area contributed by atoms with Crippen molar-refractivity contribution in [1.82, 2.24) is 4.98 Å². The molecule has 0 aliphatic carbocycles. The maximum atomic E-state index is 11.2. The van der Waals surface area contributed by atoms with Gasteiger partial charge in [0.1, 0.15) is 0 Å². The van der Waals surface area contributed by atoms with Gasteiger partial charge in [-0.05, 0) is 25.1 Å². The Kier molecular flexibility index (Phi) is 3.72. The molecule has 0 saturated heterocycles. The van der Waals surface area contributed by atoms with Gasteiger partial charge in [0.05, 0.1) is 12.9 Å². The van der Waals surface area contributed by atoms with E-state index in [-0.39, 0.29) is 11.7 Å². The van der Waals surface area contributed by atoms with Crippen molar-refractivity contribution in [3.05, 3.63) is 30.1 Å². The van der Waals surface area contributed by atoms with Gasteiger partial charge in [0.25, 0.3) is 0 Å². The number of methoxy groups -OCH3 is 1. The van der Waals surface area contributed by atoms with Gasteiger partial charge >= 0.3 is 5.97 Å². The second-order valence-electron chi connectivity index (χ2n) is 3.89. The number of hydrogen-bond acceptors (Lipinski definition) is 5. The first kappa shape index (κ1) is 12.7. The number of rotatable bonds is 3. The highest BCUT2D eigenvalue weighted by Crippen LogP contribution is 2.31. The highest BCUT2D eigenvalue weighted by atomic mass is 32.2. The number of esters is 1. The molecule has 1 aromatic heterocycles. The van der Waals surface area contributed by atoms with Gasteiger partial charge < -0.3 is 10.5 Å². The lowest BCUT2D eigenvalue weighted by molar-refractivity contribution is -0.137. The van der Waals surface area contributed by atoms with Gasteiger partial charge in [0.15, 0.2) is 0 Å². The van der Waals surface area contributed by atoms with Crippen molar-refractivity contribution in [2.75, 3.05) is 18.6 Å². The van der Waals surface area contributed by atoms with Crippen LogP contribution >= 0.6 is 11.8 Å². The zero-order valence-corrected chi connectivity index (χ0v) is 11.1. The molecule has 0 fully saturated rings. The molecular weight excluding hydrogens is 248 g/mol. The molecule has 18 heavy (non-hydrogen) atoms. The number of ether oxygens (including phenoxy) is 1. The van der Waals surface area contributed by atoms with Crippen LogP contribution in [-0.4, -0.2) is 23.8 Å². The molecule has 0 saturated carbocycles. The second-order valence-corrected chi connectivity index (χ2v) is 4.91. The molecule has 0 aliphatic rings. The van der Waals surface area contributed by atoms with E-state index in [0.717, 1.165) is 21.4 Å². The molecule has 0 unspecified atom stereocenters. The monoisotopic (exact) mass is 262 g/mol. The van der Waals surface area contributed by atoms with Gasteiger partial charge in [-0.25, -0.2) is 0 Å². The normalized spacial score (nSPS) is 10.6. The number of hydrogen-bond donors (Lipinski definition) is 1. The fraction of sp³-hybridized carbons (Fsp3) is 0.231. The minimum absolute atomic E-state index is 0.240. The van der Waals surface area contributed by atoms with Crippen LogP contribution < -0.4 is 5.73 Å². The molecule has 0 bridgehead atoms. The summed E-state index contributed by atoms with van der Waals surface area (Å²) in [5.41, 5.74) is 7.53. The van der Waals surface area contributed by atoms with Crippen LogP contribution in [0.25, 0.3) is 10.8 Å². The van der Waals surface area contributed by atoms with Gasteiger partial charge in [0, 0.05) is 33.2 Å². The number of aromatic nitrogens is 1. The number of carbonyl (C=O) groups is 1. The lowest BCUT2D eigenvalue weighted by Gasteiger charge is -2.08. The number of thioether (sulfide) groups is 1. The van der Waals surface area contributed by atoms with Gasteiger partial charge in [-0.2, -0.15) is 0 Å². The summed E-state index contributed by atoms with van der Waals surface area (Å²) in [6.07, 6.45) is 1.77. The summed E-state index contributed by atoms with van der Waals surface area (Å²) >= 11 is 1.44. The Labute approximate surface area is 110 Å². The van der Waals surface area contributed by atoms with Gasteiger partial charge in [-0.3, -0.25) is 9.78 Å². The van der Waals surface area contributed by atoms with E-state index in [2.05, 4.69) is 9.72 Å². The molecule has 2 N–H and O–H groups in total. The van der Waals surface area contributed by atoms with E-state index in [0.29, 0.717) is 5.69 Å². The lowest BCUT2D eigenvalue weighted by atomic mass is 10.1. The largest absolute Gasteiger partial charge is 0.468 e. The average molecular weight is 262 g/mol. The van der Waals surface area contributed by atoms with Gasteiger partial charge in [-0.1, -0.05) is 0 Å². The van der Waals surface area contributed by atoms with Crippen LogP contribution in [0.5, 0.6) is 0 Å². The molecule has 0 amide bonds. The van der Waals surface area contributed by atoms with Crippen molar-refractivity contribution in [2.45, 2.75) is 11.8 Å². The molecule has 2 aromatic rings. The van der Waals surface area contributed by atoms with Crippen molar-refractivity contribution in [3.63, 3.8) is 0 Å². The minimum atomic E-state index is -0.240. The van der Waals surface area contributed by atoms with E-state index < -0.39 is 0 Å². The third-order valence-electron chi connectivity index (χ3n) is 2.60. The van der Waals surface area contributed by atoms with E-state index in [1.807, 2.05) is 25.1 Å². The summed E-state index contributed by atoms with van der Waals surface area (Å²) in [6, 6.07) is 5.73. The number of nitrogens with zero attached hydrogens (tertiary/aromatic N) is 1. The zero-order valence-electron chi connectivity index (χ0n) is 10.3. The second kappa shape index (κ2) is 5.27. The lowest BCUT2D eigenvalue weighted by Crippen LogP contribution is -2.03. The maximum Gasteiger partial charge on any atom is 0.315 e. The summed E-state index contributed by atoms with van der Waals surface area (Å²) in [7, 11) is 1.39. The van der Waals surface area contributed by atoms with E-state index >= 15 is 0 Å². The van der Waals surface area contributed by atoms with Gasteiger partial charge in [-0.15, -0.1) is 11.8 Å². The zero-order chi connectivity index (χ0) is 13.1. The quantitative estimate of drug-likeness (QED) is 0.522. The van der Waals surface area contributed by atoms with Gasteiger partial charge in [0.2, 0.25) is 0 Å². The Hall–Kier alpha value is -1.75. The summed E-state index contributed by atoms with van der Waals surface area (Å²) in [5.74, 6) is 0.0485. The highest BCUT2D eigenvalue weighted by Gasteiger charge is 2.08. The first-order valence-corrected chi connectivity index (χ1v) is 6.45. The first-order chi connectivity index (χ1) is 8.61. The third-order valence-corrected chi connectivity index (χ3v) is 3.65. The number of anilines is 1. The Balaban J connectivity index is 2.41. The Morgan fingerprint density at radius 3 is 2.94 bits per heavy atom. The van der Waals surface area contributed by atoms with Crippen molar-refractivity contribution in [1.29, 1.82) is 0 Å². The van der Waals surface area contributed by atoms with Crippen molar-refractivity contribution < 1.29 is 9.53 Å². The van der Waals surface area contributed by atoms with E-state index in [9.17, 15) is 4.79 Å². The van der Waals surface area contributed by atoms with Crippen molar-refractivity contribution in [3.8, 4) is 0 Å². The van der Waals surface area contributed by atoms with E-state index in [1.54, 1.807) is 6.20 Å². The maximum absolute atomic E-state index is 11.2. The summed E-state index contributed by atoms with van der Waals surface area (Å²) < 4.78 is 4.63. The number of nitrogen functional groups attached to an aromatic ring is 1. The molecule has 0 spiro atoms. The van der Waals surface area contributed by atoms with E-state index in [1.165, 1.54) is 18.9 Å². The molecular formula is C13H14N2O2S. The third kappa shape index (κ3) is 2.56. The Morgan fingerprint density at radius 1 is 1.44 bits per heavy atom. The molecule has 0 aliphatic heterocycles. The molecule has 4 nitrogen and oxygen atoms in total. The minimum Gasteiger partial charge on any atom is -0.468 e. The van der Waals surface area contributed by atoms with Crippen LogP contribution in [0.1, 0.15) is 5.69 Å². The number of nitrogens with two attached hydrogens (primary N) is 1. The number of benzene rings is 1. The van der Waals surface area contributed by atoms with Crippen LogP contribution in [0.2, 0.25) is 0 Å². The number of fused-ring (bicyclic) bond motifs is 1. The van der Waals surface area contributed by atoms with Crippen molar-refractivity contribution in [2.24, 2.45) is 0 Å². The molecule has 1 heterocycles. The number of pyridine rings is 1. The number of aryl methyl sites for hydroxylation is 1. The molecule has 94 valence electrons. The number of carbonyl (C=O) groups excluding carboxylic acids is 1. The fourth-order valence-corrected chi connectivity index (χ4v) is 2.54. The summed E-state index contributed by atoms with van der Waals surface area (Å²) in [5, 5.41) is 1.94. The summed E-state index contributed by atoms with van der Waals surface area (Å²) in [4.78, 5) is 16.4. The first-order valence-electron chi connectivity index (χ1n) is 5.46. The van der Waals surface area contributed by atoms with E-state index in [4.69, 9.17) is 5.73 Å². The topological polar surface area (TPSA) is 65.2 Å². The summed E-state index contributed by atoms with van der Waals surface area (Å²) in [6.45, 7) is 1.93. The predicted molar refractivity (Wildman–Crippen MR) is 73.6 cm³/mol. The standard InChI is InChI=1S/C13H14N2O2S/c1-8-5-9-10(6-15-8)11(14)3-4-12(9)18-7-13(16)17-2/h3-6H,7,14H2,1-2H3. The SMILES string of the molecule is COC(=O)CSc1ccc(N)c2cnc(C)cc12. The molecule has 0 atom stereocenters. The predicted octanol–water partition coefficient (Wildman–Crippen LogP) is 2.39. The molecule has 2 rings (SSSR count). The van der Waals surface area contributed by atoms with Crippen LogP contribution in [0.3, 0.4) is 0 Å². The van der Waals surface area contributed by atoms with Crippen LogP contribution in [0.15, 0.2) is 29.3 Å². The smallest absolute Gasteiger partial charge is 0.315 e. The van der Waals surface area contributed by atoms with Crippen LogP contribution in [-0.2, 0) is 9.53 Å². The van der Waals surface area contributed by atoms with Crippen LogP contribution in [0, 0.1) is 6.92 Å². The van der Waals surface area contributed by atoms with Crippen molar-refractivity contribution >= 4 is 34.2 Å². The Morgan fingerprint density at radius 2 is 2.22 bits per heavy atom. The molecule has 0 radical (unpaired) electrons. The van der Waals surface area contributed by atoms with Crippen LogP contribution in [0.4, 0.5) is 5.69 Å². The molecule has 1 aromatic carbocycles. The highest BCUT2D eigenvalue weighted by molar-refractivity contribution is 8.00. The Bertz CT molecular complexity index is 599. The fourth-order valence-electron chi connectivity index (χ4n) is 1.66. The molecule has 5 heteroatoms. The average Bonchev–Trinajstić information content (AvgIpc) is 2.37.